The Morgan fingerprint density at radius 1 is 1.07 bits per heavy atom. The first-order valence-corrected chi connectivity index (χ1v) is 25.1. The Bertz CT molecular complexity index is 2400. The molecule has 6 atom stereocenters. The van der Waals surface area contributed by atoms with E-state index in [4.69, 9.17) is 19.2 Å². The molecular weight excluding hydrogens is 912 g/mol. The van der Waals surface area contributed by atoms with Gasteiger partial charge in [0, 0.05) is 107 Å². The number of hydrazine groups is 1. The number of likely N-dealkylation sites (N-methyl/N-ethyl adjacent to an activating group) is 1. The van der Waals surface area contributed by atoms with Gasteiger partial charge in [0.25, 0.3) is 11.8 Å². The van der Waals surface area contributed by atoms with Gasteiger partial charge in [-0.2, -0.15) is 0 Å². The molecule has 3 fully saturated rings. The van der Waals surface area contributed by atoms with E-state index in [0.717, 1.165) is 38.7 Å². The highest BCUT2D eigenvalue weighted by atomic mass is 19.1. The minimum Gasteiger partial charge on any atom is -0.464 e. The van der Waals surface area contributed by atoms with Gasteiger partial charge in [0.1, 0.15) is 24.5 Å². The van der Waals surface area contributed by atoms with Crippen LogP contribution in [0.25, 0.3) is 11.6 Å². The van der Waals surface area contributed by atoms with Crippen LogP contribution in [0.3, 0.4) is 0 Å². The second-order valence-corrected chi connectivity index (χ2v) is 20.4. The van der Waals surface area contributed by atoms with E-state index in [1.165, 1.54) is 40.2 Å². The molecule has 0 aliphatic carbocycles. The van der Waals surface area contributed by atoms with Gasteiger partial charge in [-0.05, 0) is 93.3 Å². The lowest BCUT2D eigenvalue weighted by molar-refractivity contribution is -0.156. The minimum atomic E-state index is -2.34. The number of aromatic nitrogens is 3. The maximum atomic E-state index is 16.9. The van der Waals surface area contributed by atoms with Crippen molar-refractivity contribution in [3.63, 3.8) is 0 Å². The van der Waals surface area contributed by atoms with Crippen molar-refractivity contribution in [2.24, 2.45) is 11.3 Å². The molecule has 0 radical (unpaired) electrons. The first-order chi connectivity index (χ1) is 33.9. The Kier molecular flexibility index (Phi) is 17.2. The molecule has 3 N–H and O–H groups in total. The molecule has 1 aromatic carbocycles. The summed E-state index contributed by atoms with van der Waals surface area (Å²) in [6.45, 7) is 14.3. The summed E-state index contributed by atoms with van der Waals surface area (Å²) in [6.07, 6.45) is 8.85. The van der Waals surface area contributed by atoms with Gasteiger partial charge >= 0.3 is 12.0 Å². The van der Waals surface area contributed by atoms with Gasteiger partial charge in [-0.15, -0.1) is 0 Å². The summed E-state index contributed by atoms with van der Waals surface area (Å²) in [6, 6.07) is 6.72. The topological polar surface area (TPSA) is 193 Å². The molecule has 3 aromatic rings. The highest BCUT2D eigenvalue weighted by Crippen LogP contribution is 2.40. The molecule has 19 heteroatoms. The number of nitrogens with zero attached hydrogens (tertiary/aromatic N) is 7. The van der Waals surface area contributed by atoms with Crippen LogP contribution in [-0.4, -0.2) is 156 Å². The number of likely N-dealkylation sites (tertiary alicyclic amines) is 1. The molecule has 0 saturated carbocycles. The number of carbonyl (C=O) groups is 5. The number of methoxy groups -OCH3 is 1. The predicted octanol–water partition coefficient (Wildman–Crippen LogP) is 5.85. The van der Waals surface area contributed by atoms with Crippen LogP contribution >= 0.6 is 0 Å². The summed E-state index contributed by atoms with van der Waals surface area (Å²) in [7, 11) is 3.07. The van der Waals surface area contributed by atoms with Crippen LogP contribution in [0.1, 0.15) is 109 Å². The van der Waals surface area contributed by atoms with Crippen molar-refractivity contribution in [3.05, 3.63) is 72.1 Å². The second-order valence-electron chi connectivity index (χ2n) is 20.4. The Labute approximate surface area is 417 Å². The van der Waals surface area contributed by atoms with Gasteiger partial charge in [0.15, 0.2) is 5.67 Å². The van der Waals surface area contributed by atoms with E-state index in [-0.39, 0.29) is 64.1 Å². The normalized spacial score (nSPS) is 24.8. The third-order valence-electron chi connectivity index (χ3n) is 14.1. The zero-order valence-electron chi connectivity index (χ0n) is 42.6. The third-order valence-corrected chi connectivity index (χ3v) is 14.1. The highest BCUT2D eigenvalue weighted by molar-refractivity contribution is 5.94. The standard InChI is InChI=1S/C52H73FN10O8/c1-9-55-41-16-15-38-28-40(41)37(27-36-13-10-19-56-44(36)35(4)69-8)30-51(5,6)32-71-48(66)42-14-11-22-63(58-42)47(65)43(29-39-31-61(38)25-26-70-39)57-46(64)45(34(2)3)59(7)49(67)52(53)17-12-21-60(23-18-52)50(68)62-24-20-54-33-62/h10,13,15-16,19-20,24,27-28,33-35,39,42-43,45,55,58H,9,11-12,14,17-18,21-23,25-26,29-32H2,1-8H3,(H,57,64)/b37-27+/t35-,39-,42-,43-,45-,52?/m0/s1. The Balaban J connectivity index is 1.19. The van der Waals surface area contributed by atoms with E-state index in [2.05, 4.69) is 71.0 Å². The van der Waals surface area contributed by atoms with E-state index >= 15 is 4.39 Å². The summed E-state index contributed by atoms with van der Waals surface area (Å²) in [5.74, 6) is -2.96. The van der Waals surface area contributed by atoms with Gasteiger partial charge < -0.3 is 39.5 Å². The lowest BCUT2D eigenvalue weighted by Gasteiger charge is -2.40. The van der Waals surface area contributed by atoms with Gasteiger partial charge in [0.05, 0.1) is 31.1 Å². The minimum absolute atomic E-state index is 0.00480. The largest absolute Gasteiger partial charge is 0.464 e. The van der Waals surface area contributed by atoms with Gasteiger partial charge in [0.2, 0.25) is 5.91 Å². The van der Waals surface area contributed by atoms with Crippen LogP contribution < -0.4 is 21.0 Å². The van der Waals surface area contributed by atoms with Crippen molar-refractivity contribution in [1.29, 1.82) is 0 Å². The fourth-order valence-electron chi connectivity index (χ4n) is 10.2. The number of hydrogen-bond acceptors (Lipinski definition) is 13. The number of cyclic esters (lactones) is 1. The highest BCUT2D eigenvalue weighted by Gasteiger charge is 2.46. The maximum absolute atomic E-state index is 16.9. The second kappa shape index (κ2) is 23.1. The van der Waals surface area contributed by atoms with Crippen molar-refractivity contribution in [2.75, 3.05) is 76.9 Å². The molecule has 1 unspecified atom stereocenters. The number of morpholine rings is 1. The van der Waals surface area contributed by atoms with Crippen molar-refractivity contribution in [1.82, 2.24) is 40.1 Å². The van der Waals surface area contributed by atoms with E-state index < -0.39 is 64.9 Å². The molecule has 18 nitrogen and oxygen atoms in total. The van der Waals surface area contributed by atoms with Gasteiger partial charge in [-0.3, -0.25) is 33.7 Å². The zero-order valence-corrected chi connectivity index (χ0v) is 42.6. The van der Waals surface area contributed by atoms with Crippen molar-refractivity contribution in [2.45, 2.75) is 122 Å². The Morgan fingerprint density at radius 2 is 1.87 bits per heavy atom. The first-order valence-electron chi connectivity index (χ1n) is 25.1. The summed E-state index contributed by atoms with van der Waals surface area (Å²) < 4.78 is 36.4. The fourth-order valence-corrected chi connectivity index (χ4v) is 10.2. The van der Waals surface area contributed by atoms with Crippen molar-refractivity contribution >= 4 is 52.7 Å². The summed E-state index contributed by atoms with van der Waals surface area (Å²) >= 11 is 0. The van der Waals surface area contributed by atoms with Crippen LogP contribution in [0.5, 0.6) is 0 Å². The molecule has 0 spiro atoms. The molecule has 7 rings (SSSR count). The molecule has 4 aliphatic heterocycles. The van der Waals surface area contributed by atoms with Crippen LogP contribution in [0.15, 0.2) is 55.2 Å². The third kappa shape index (κ3) is 12.6. The lowest BCUT2D eigenvalue weighted by Crippen LogP contribution is -2.63. The summed E-state index contributed by atoms with van der Waals surface area (Å²) in [5, 5.41) is 7.93. The number of fused-ring (bicyclic) bond motifs is 7. The van der Waals surface area contributed by atoms with Crippen LogP contribution in [0, 0.1) is 11.3 Å². The number of esters is 1. The molecule has 6 heterocycles. The molecular formula is C52H73FN10O8. The first kappa shape index (κ1) is 52.9. The zero-order chi connectivity index (χ0) is 51.0. The van der Waals surface area contributed by atoms with Crippen molar-refractivity contribution < 1.29 is 42.6 Å². The number of pyridine rings is 1. The molecule has 4 aliphatic rings. The Hall–Kier alpha value is -5.92. The quantitative estimate of drug-likeness (QED) is 0.205. The molecule has 2 aromatic heterocycles. The molecule has 3 saturated heterocycles. The number of benzene rings is 1. The summed E-state index contributed by atoms with van der Waals surface area (Å²) in [4.78, 5) is 84.3. The number of rotatable bonds is 10. The van der Waals surface area contributed by atoms with Gasteiger partial charge in [-0.25, -0.2) is 19.6 Å². The van der Waals surface area contributed by atoms with Crippen LogP contribution in [0.2, 0.25) is 0 Å². The number of allylic oxidation sites excluding steroid dienone is 1. The maximum Gasteiger partial charge on any atom is 0.329 e. The average molecular weight is 985 g/mol. The fraction of sp³-hybridized carbons (Fsp3) is 0.596. The number of imidazole rings is 1. The van der Waals surface area contributed by atoms with E-state index in [0.29, 0.717) is 45.5 Å². The lowest BCUT2D eigenvalue weighted by atomic mass is 9.82. The molecule has 4 amide bonds. The SMILES string of the molecule is CCNc1ccc2cc1/C(=C/c1cccnc1[C@H](C)OC)CC(C)(C)COC(=O)[C@@H]1CCCN(N1)C(=O)[C@@H](NC(=O)[C@H](C(C)C)N(C)C(=O)C1(F)CCCN(C(=O)n3ccnc3)CC1)C[C@H]1CN2CCO1. The van der Waals surface area contributed by atoms with Crippen LogP contribution in [0.4, 0.5) is 20.6 Å². The molecule has 386 valence electrons. The molecule has 71 heavy (non-hydrogen) atoms. The van der Waals surface area contributed by atoms with E-state index in [1.54, 1.807) is 27.2 Å². The monoisotopic (exact) mass is 985 g/mol. The number of ether oxygens (including phenoxy) is 3. The van der Waals surface area contributed by atoms with Crippen molar-refractivity contribution in [3.8, 4) is 0 Å². The number of hydrogen-bond donors (Lipinski definition) is 3. The summed E-state index contributed by atoms with van der Waals surface area (Å²) in [5.41, 5.74) is 5.77. The van der Waals surface area contributed by atoms with E-state index in [9.17, 15) is 24.0 Å². The van der Waals surface area contributed by atoms with E-state index in [1.807, 2.05) is 19.1 Å². The smallest absolute Gasteiger partial charge is 0.329 e. The number of nitrogens with one attached hydrogen (secondary N) is 3. The number of alkyl halides is 1. The number of anilines is 2. The Morgan fingerprint density at radius 3 is 2.61 bits per heavy atom. The predicted molar refractivity (Wildman–Crippen MR) is 268 cm³/mol. The number of halogens is 1. The van der Waals surface area contributed by atoms with Crippen LogP contribution in [-0.2, 0) is 33.4 Å². The van der Waals surface area contributed by atoms with Gasteiger partial charge in [-0.1, -0.05) is 33.8 Å². The molecule has 6 bridgehead atoms. The number of amides is 4. The average Bonchev–Trinajstić information content (AvgIpc) is 3.83. The number of carbonyl (C=O) groups excluding carboxylic acids is 5.